The van der Waals surface area contributed by atoms with Gasteiger partial charge >= 0.3 is 0 Å². The molecule has 1 amide bonds. The number of fused-ring (bicyclic) bond motifs is 2. The SMILES string of the molecule is CCN(CC)CCCCNC(=O)C1C2CCC(C2)C1N.Cl.Cl. The highest BCUT2D eigenvalue weighted by atomic mass is 35.5. The number of halogens is 2. The van der Waals surface area contributed by atoms with Crippen molar-refractivity contribution in [3.05, 3.63) is 0 Å². The Labute approximate surface area is 147 Å². The second kappa shape index (κ2) is 10.7. The summed E-state index contributed by atoms with van der Waals surface area (Å²) in [4.78, 5) is 14.7. The van der Waals surface area contributed by atoms with Crippen LogP contribution in [0.1, 0.15) is 46.0 Å². The molecule has 2 saturated carbocycles. The third-order valence-electron chi connectivity index (χ3n) is 5.38. The third-order valence-corrected chi connectivity index (χ3v) is 5.38. The van der Waals surface area contributed by atoms with Gasteiger partial charge in [0.1, 0.15) is 0 Å². The molecule has 0 radical (unpaired) electrons. The Hall–Kier alpha value is -0.0300. The minimum atomic E-state index is 0. The van der Waals surface area contributed by atoms with Crippen molar-refractivity contribution >= 4 is 30.7 Å². The van der Waals surface area contributed by atoms with E-state index in [9.17, 15) is 4.79 Å². The molecule has 4 unspecified atom stereocenters. The number of carbonyl (C=O) groups excluding carboxylic acids is 1. The maximum absolute atomic E-state index is 12.3. The molecule has 3 N–H and O–H groups in total. The lowest BCUT2D eigenvalue weighted by molar-refractivity contribution is -0.127. The summed E-state index contributed by atoms with van der Waals surface area (Å²) >= 11 is 0. The lowest BCUT2D eigenvalue weighted by Gasteiger charge is -2.27. The van der Waals surface area contributed by atoms with Crippen molar-refractivity contribution in [1.82, 2.24) is 10.2 Å². The van der Waals surface area contributed by atoms with Crippen LogP contribution >= 0.6 is 24.8 Å². The van der Waals surface area contributed by atoms with Crippen LogP contribution in [0, 0.1) is 17.8 Å². The number of unbranched alkanes of at least 4 members (excludes halogenated alkanes) is 1. The van der Waals surface area contributed by atoms with Gasteiger partial charge in [0.2, 0.25) is 5.91 Å². The molecule has 0 aromatic heterocycles. The Kier molecular flexibility index (Phi) is 10.7. The van der Waals surface area contributed by atoms with Gasteiger partial charge < -0.3 is 16.0 Å². The molecule has 0 heterocycles. The molecule has 132 valence electrons. The number of nitrogens with one attached hydrogen (secondary N) is 1. The fourth-order valence-corrected chi connectivity index (χ4v) is 4.05. The molecule has 2 aliphatic carbocycles. The zero-order valence-electron chi connectivity index (χ0n) is 13.9. The van der Waals surface area contributed by atoms with Gasteiger partial charge in [0.15, 0.2) is 0 Å². The standard InChI is InChI=1S/C16H31N3O.2ClH/c1-3-19(4-2)10-6-5-9-18-16(20)14-12-7-8-13(11-12)15(14)17;;/h12-15H,3-11,17H2,1-2H3,(H,18,20);2*1H. The molecule has 22 heavy (non-hydrogen) atoms. The fraction of sp³-hybridized carbons (Fsp3) is 0.938. The van der Waals surface area contributed by atoms with Crippen molar-refractivity contribution in [1.29, 1.82) is 0 Å². The zero-order chi connectivity index (χ0) is 14.5. The maximum atomic E-state index is 12.3. The van der Waals surface area contributed by atoms with Crippen LogP contribution in [-0.2, 0) is 4.79 Å². The van der Waals surface area contributed by atoms with Crippen LogP contribution in [-0.4, -0.2) is 43.0 Å². The van der Waals surface area contributed by atoms with Crippen LogP contribution in [0.3, 0.4) is 0 Å². The lowest BCUT2D eigenvalue weighted by Crippen LogP contribution is -2.45. The molecule has 2 rings (SSSR count). The van der Waals surface area contributed by atoms with Crippen molar-refractivity contribution in [2.75, 3.05) is 26.2 Å². The first-order valence-corrected chi connectivity index (χ1v) is 8.43. The van der Waals surface area contributed by atoms with Crippen LogP contribution in [0.2, 0.25) is 0 Å². The lowest BCUT2D eigenvalue weighted by atomic mass is 9.84. The third kappa shape index (κ3) is 5.26. The Morgan fingerprint density at radius 3 is 2.32 bits per heavy atom. The van der Waals surface area contributed by atoms with Crippen LogP contribution in [0.5, 0.6) is 0 Å². The van der Waals surface area contributed by atoms with Crippen molar-refractivity contribution in [3.63, 3.8) is 0 Å². The molecule has 2 aliphatic rings. The first kappa shape index (κ1) is 22.0. The molecule has 0 aromatic rings. The molecule has 2 bridgehead atoms. The average molecular weight is 354 g/mol. The first-order valence-electron chi connectivity index (χ1n) is 8.43. The summed E-state index contributed by atoms with van der Waals surface area (Å²) in [5.74, 6) is 1.48. The van der Waals surface area contributed by atoms with E-state index < -0.39 is 0 Å². The second-order valence-corrected chi connectivity index (χ2v) is 6.46. The van der Waals surface area contributed by atoms with Gasteiger partial charge in [0.05, 0.1) is 5.92 Å². The predicted octanol–water partition coefficient (Wildman–Crippen LogP) is 2.44. The number of amides is 1. The topological polar surface area (TPSA) is 58.4 Å². The van der Waals surface area contributed by atoms with E-state index in [1.165, 1.54) is 19.3 Å². The molecule has 0 spiro atoms. The zero-order valence-corrected chi connectivity index (χ0v) is 15.6. The molecule has 4 nitrogen and oxygen atoms in total. The largest absolute Gasteiger partial charge is 0.356 e. The van der Waals surface area contributed by atoms with Crippen LogP contribution in [0.15, 0.2) is 0 Å². The number of nitrogens with two attached hydrogens (primary N) is 1. The van der Waals surface area contributed by atoms with Gasteiger partial charge in [-0.3, -0.25) is 4.79 Å². The highest BCUT2D eigenvalue weighted by Crippen LogP contribution is 2.47. The van der Waals surface area contributed by atoms with Crippen LogP contribution in [0.4, 0.5) is 0 Å². The van der Waals surface area contributed by atoms with Crippen molar-refractivity contribution in [2.24, 2.45) is 23.5 Å². The van der Waals surface area contributed by atoms with E-state index in [1.54, 1.807) is 0 Å². The van der Waals surface area contributed by atoms with Gasteiger partial charge in [-0.1, -0.05) is 13.8 Å². The van der Waals surface area contributed by atoms with Gasteiger partial charge in [0, 0.05) is 12.6 Å². The van der Waals surface area contributed by atoms with E-state index in [2.05, 4.69) is 24.1 Å². The molecular weight excluding hydrogens is 321 g/mol. The molecular formula is C16H33Cl2N3O. The summed E-state index contributed by atoms with van der Waals surface area (Å²) in [7, 11) is 0. The van der Waals surface area contributed by atoms with Crippen molar-refractivity contribution < 1.29 is 4.79 Å². The predicted molar refractivity (Wildman–Crippen MR) is 96.8 cm³/mol. The number of rotatable bonds is 8. The fourth-order valence-electron chi connectivity index (χ4n) is 4.05. The Morgan fingerprint density at radius 1 is 1.14 bits per heavy atom. The van der Waals surface area contributed by atoms with Gasteiger partial charge in [-0.15, -0.1) is 24.8 Å². The molecule has 0 aromatic carbocycles. The number of nitrogens with zero attached hydrogens (tertiary/aromatic N) is 1. The highest BCUT2D eigenvalue weighted by Gasteiger charge is 2.48. The number of hydrogen-bond donors (Lipinski definition) is 2. The van der Waals surface area contributed by atoms with E-state index in [0.717, 1.165) is 39.0 Å². The van der Waals surface area contributed by atoms with Gasteiger partial charge in [-0.05, 0) is 63.6 Å². The second-order valence-electron chi connectivity index (χ2n) is 6.46. The van der Waals surface area contributed by atoms with Gasteiger partial charge in [0.25, 0.3) is 0 Å². The Balaban J connectivity index is 0.00000220. The molecule has 4 atom stereocenters. The Bertz CT molecular complexity index is 325. The Morgan fingerprint density at radius 2 is 1.77 bits per heavy atom. The van der Waals surface area contributed by atoms with Crippen molar-refractivity contribution in [2.45, 2.75) is 52.0 Å². The van der Waals surface area contributed by atoms with E-state index >= 15 is 0 Å². The number of carbonyl (C=O) groups is 1. The quantitative estimate of drug-likeness (QED) is 0.659. The highest BCUT2D eigenvalue weighted by molar-refractivity contribution is 5.85. The van der Waals surface area contributed by atoms with Gasteiger partial charge in [-0.2, -0.15) is 0 Å². The van der Waals surface area contributed by atoms with E-state index in [-0.39, 0.29) is 42.7 Å². The van der Waals surface area contributed by atoms with Crippen molar-refractivity contribution in [3.8, 4) is 0 Å². The molecule has 0 aliphatic heterocycles. The monoisotopic (exact) mass is 353 g/mol. The molecule has 2 fully saturated rings. The number of hydrogen-bond acceptors (Lipinski definition) is 3. The van der Waals surface area contributed by atoms with Crippen LogP contribution in [0.25, 0.3) is 0 Å². The summed E-state index contributed by atoms with van der Waals surface area (Å²) in [5, 5.41) is 3.11. The van der Waals surface area contributed by atoms with Gasteiger partial charge in [-0.25, -0.2) is 0 Å². The maximum Gasteiger partial charge on any atom is 0.224 e. The normalized spacial score (nSPS) is 29.1. The van der Waals surface area contributed by atoms with E-state index in [4.69, 9.17) is 5.73 Å². The van der Waals surface area contributed by atoms with E-state index in [1.807, 2.05) is 0 Å². The smallest absolute Gasteiger partial charge is 0.224 e. The summed E-state index contributed by atoms with van der Waals surface area (Å²) < 4.78 is 0. The summed E-state index contributed by atoms with van der Waals surface area (Å²) in [6.45, 7) is 8.56. The average Bonchev–Trinajstić information content (AvgIpc) is 3.03. The molecule has 6 heteroatoms. The summed E-state index contributed by atoms with van der Waals surface area (Å²) in [6, 6.07) is 0.115. The molecule has 0 saturated heterocycles. The summed E-state index contributed by atoms with van der Waals surface area (Å²) in [5.41, 5.74) is 6.20. The summed E-state index contributed by atoms with van der Waals surface area (Å²) in [6.07, 6.45) is 5.85. The minimum Gasteiger partial charge on any atom is -0.356 e. The minimum absolute atomic E-state index is 0. The van der Waals surface area contributed by atoms with E-state index in [0.29, 0.717) is 11.8 Å². The first-order chi connectivity index (χ1) is 9.67. The van der Waals surface area contributed by atoms with Crippen LogP contribution < -0.4 is 11.1 Å².